The Balaban J connectivity index is 1.82. The Labute approximate surface area is 167 Å². The summed E-state index contributed by atoms with van der Waals surface area (Å²) in [7, 11) is 3.09. The van der Waals surface area contributed by atoms with Gasteiger partial charge in [-0.2, -0.15) is 4.98 Å². The van der Waals surface area contributed by atoms with Crippen molar-refractivity contribution < 1.29 is 4.74 Å². The van der Waals surface area contributed by atoms with E-state index in [4.69, 9.17) is 16.3 Å². The molecule has 0 unspecified atom stereocenters. The lowest BCUT2D eigenvalue weighted by Gasteiger charge is -2.13. The van der Waals surface area contributed by atoms with Crippen LogP contribution in [0.4, 0.5) is 0 Å². The van der Waals surface area contributed by atoms with Crippen LogP contribution < -0.4 is 16.0 Å². The molecule has 1 aliphatic rings. The third-order valence-electron chi connectivity index (χ3n) is 5.49. The average molecular weight is 403 g/mol. The molecule has 0 atom stereocenters. The van der Waals surface area contributed by atoms with Gasteiger partial charge in [0.15, 0.2) is 11.2 Å². The van der Waals surface area contributed by atoms with Crippen LogP contribution in [0.5, 0.6) is 6.01 Å². The Morgan fingerprint density at radius 3 is 2.46 bits per heavy atom. The van der Waals surface area contributed by atoms with Crippen LogP contribution in [0.25, 0.3) is 11.2 Å². The highest BCUT2D eigenvalue weighted by molar-refractivity contribution is 6.30. The number of imidazole rings is 1. The van der Waals surface area contributed by atoms with Crippen molar-refractivity contribution in [2.45, 2.75) is 32.2 Å². The first-order valence-electron chi connectivity index (χ1n) is 9.49. The molecule has 1 saturated carbocycles. The van der Waals surface area contributed by atoms with Crippen LogP contribution >= 0.6 is 11.6 Å². The van der Waals surface area contributed by atoms with Gasteiger partial charge in [-0.05, 0) is 36.5 Å². The smallest absolute Gasteiger partial charge is 0.332 e. The quantitative estimate of drug-likeness (QED) is 0.657. The van der Waals surface area contributed by atoms with Gasteiger partial charge in [0.05, 0.1) is 13.2 Å². The normalized spacial score (nSPS) is 14.8. The number of benzene rings is 1. The van der Waals surface area contributed by atoms with Crippen molar-refractivity contribution in [1.82, 2.24) is 18.7 Å². The van der Waals surface area contributed by atoms with Crippen LogP contribution in [-0.2, 0) is 20.6 Å². The third kappa shape index (κ3) is 3.35. The van der Waals surface area contributed by atoms with Crippen molar-refractivity contribution >= 4 is 22.8 Å². The molecule has 0 N–H and O–H groups in total. The van der Waals surface area contributed by atoms with E-state index < -0.39 is 5.69 Å². The molecule has 8 heteroatoms. The Bertz CT molecular complexity index is 1120. The summed E-state index contributed by atoms with van der Waals surface area (Å²) in [5.41, 5.74) is 0.876. The minimum absolute atomic E-state index is 0.337. The fourth-order valence-electron chi connectivity index (χ4n) is 3.83. The first kappa shape index (κ1) is 18.8. The van der Waals surface area contributed by atoms with Crippen LogP contribution in [0.1, 0.15) is 31.2 Å². The molecular weight excluding hydrogens is 380 g/mol. The highest BCUT2D eigenvalue weighted by Crippen LogP contribution is 2.27. The molecule has 0 bridgehead atoms. The number of rotatable bonds is 5. The molecule has 0 spiro atoms. The SMILES string of the molecule is Cn1c(=O)c2c(nc(OCC3CCCC3)n2Cc2ccc(Cl)cc2)n(C)c1=O. The highest BCUT2D eigenvalue weighted by Gasteiger charge is 2.22. The molecule has 1 fully saturated rings. The molecule has 4 rings (SSSR count). The predicted molar refractivity (Wildman–Crippen MR) is 108 cm³/mol. The van der Waals surface area contributed by atoms with E-state index in [1.807, 2.05) is 24.3 Å². The van der Waals surface area contributed by atoms with Crippen molar-refractivity contribution in [1.29, 1.82) is 0 Å². The van der Waals surface area contributed by atoms with Gasteiger partial charge >= 0.3 is 5.69 Å². The number of ether oxygens (including phenoxy) is 1. The number of hydrogen-bond acceptors (Lipinski definition) is 4. The molecule has 2 aromatic heterocycles. The summed E-state index contributed by atoms with van der Waals surface area (Å²) in [6.07, 6.45) is 4.75. The summed E-state index contributed by atoms with van der Waals surface area (Å²) in [6, 6.07) is 7.80. The molecule has 0 radical (unpaired) electrons. The number of nitrogens with zero attached hydrogens (tertiary/aromatic N) is 4. The van der Waals surface area contributed by atoms with Gasteiger partial charge in [0.1, 0.15) is 0 Å². The number of hydrogen-bond donors (Lipinski definition) is 0. The second-order valence-electron chi connectivity index (χ2n) is 7.45. The van der Waals surface area contributed by atoms with E-state index in [2.05, 4.69) is 4.98 Å². The maximum Gasteiger partial charge on any atom is 0.332 e. The first-order valence-corrected chi connectivity index (χ1v) is 9.87. The number of aryl methyl sites for hydroxylation is 1. The highest BCUT2D eigenvalue weighted by atomic mass is 35.5. The zero-order valence-corrected chi connectivity index (χ0v) is 16.8. The van der Waals surface area contributed by atoms with Crippen LogP contribution in [0.3, 0.4) is 0 Å². The number of fused-ring (bicyclic) bond motifs is 1. The van der Waals surface area contributed by atoms with Crippen molar-refractivity contribution in [3.05, 3.63) is 55.7 Å². The number of halogens is 1. The number of aromatic nitrogens is 4. The average Bonchev–Trinajstić information content (AvgIpc) is 3.33. The van der Waals surface area contributed by atoms with Crippen LogP contribution in [0.15, 0.2) is 33.9 Å². The molecule has 0 saturated heterocycles. The first-order chi connectivity index (χ1) is 13.5. The topological polar surface area (TPSA) is 71.1 Å². The maximum atomic E-state index is 12.9. The molecular formula is C20H23ClN4O3. The molecule has 7 nitrogen and oxygen atoms in total. The van der Waals surface area contributed by atoms with Gasteiger partial charge in [0.25, 0.3) is 11.6 Å². The summed E-state index contributed by atoms with van der Waals surface area (Å²) >= 11 is 5.99. The third-order valence-corrected chi connectivity index (χ3v) is 5.74. The molecule has 3 aromatic rings. The Morgan fingerprint density at radius 1 is 1.11 bits per heavy atom. The molecule has 0 amide bonds. The second-order valence-corrected chi connectivity index (χ2v) is 7.88. The zero-order chi connectivity index (χ0) is 19.8. The lowest BCUT2D eigenvalue weighted by Crippen LogP contribution is -2.37. The fraction of sp³-hybridized carbons (Fsp3) is 0.450. The monoisotopic (exact) mass is 402 g/mol. The maximum absolute atomic E-state index is 12.9. The zero-order valence-electron chi connectivity index (χ0n) is 16.0. The van der Waals surface area contributed by atoms with E-state index in [0.29, 0.717) is 41.3 Å². The van der Waals surface area contributed by atoms with Crippen molar-refractivity contribution in [2.75, 3.05) is 6.61 Å². The van der Waals surface area contributed by atoms with E-state index in [1.165, 1.54) is 24.5 Å². The molecule has 1 aromatic carbocycles. The van der Waals surface area contributed by atoms with Crippen molar-refractivity contribution in [3.63, 3.8) is 0 Å². The Morgan fingerprint density at radius 2 is 1.79 bits per heavy atom. The summed E-state index contributed by atoms with van der Waals surface area (Å²) in [5.74, 6) is 0.510. The van der Waals surface area contributed by atoms with Gasteiger partial charge in [0.2, 0.25) is 0 Å². The fourth-order valence-corrected chi connectivity index (χ4v) is 3.95. The van der Waals surface area contributed by atoms with Crippen LogP contribution in [-0.4, -0.2) is 25.3 Å². The summed E-state index contributed by atoms with van der Waals surface area (Å²) in [4.78, 5) is 29.7. The van der Waals surface area contributed by atoms with Crippen molar-refractivity contribution in [3.8, 4) is 6.01 Å². The Hall–Kier alpha value is -2.54. The van der Waals surface area contributed by atoms with Gasteiger partial charge in [0, 0.05) is 19.1 Å². The second kappa shape index (κ2) is 7.47. The summed E-state index contributed by atoms with van der Waals surface area (Å²) in [6.45, 7) is 0.972. The molecule has 0 aliphatic heterocycles. The van der Waals surface area contributed by atoms with E-state index in [-0.39, 0.29) is 5.56 Å². The molecule has 2 heterocycles. The summed E-state index contributed by atoms with van der Waals surface area (Å²) < 4.78 is 10.3. The van der Waals surface area contributed by atoms with Crippen LogP contribution in [0, 0.1) is 5.92 Å². The van der Waals surface area contributed by atoms with Crippen molar-refractivity contribution in [2.24, 2.45) is 20.0 Å². The van der Waals surface area contributed by atoms with E-state index >= 15 is 0 Å². The Kier molecular flexibility index (Phi) is 5.02. The molecule has 148 valence electrons. The standard InChI is InChI=1S/C20H23ClN4O3/c1-23-17-16(18(26)24(2)20(23)27)25(11-13-7-9-15(21)10-8-13)19(22-17)28-12-14-5-3-4-6-14/h7-10,14H,3-6,11-12H2,1-2H3. The minimum Gasteiger partial charge on any atom is -0.464 e. The van der Waals surface area contributed by atoms with Gasteiger partial charge in [-0.1, -0.05) is 36.6 Å². The van der Waals surface area contributed by atoms with Gasteiger partial charge in [-0.3, -0.25) is 18.5 Å². The van der Waals surface area contributed by atoms with Gasteiger partial charge < -0.3 is 4.74 Å². The van der Waals surface area contributed by atoms with E-state index in [0.717, 1.165) is 23.0 Å². The molecule has 28 heavy (non-hydrogen) atoms. The molecule has 1 aliphatic carbocycles. The predicted octanol–water partition coefficient (Wildman–Crippen LogP) is 2.70. The van der Waals surface area contributed by atoms with Gasteiger partial charge in [-0.15, -0.1) is 0 Å². The largest absolute Gasteiger partial charge is 0.464 e. The lowest BCUT2D eigenvalue weighted by molar-refractivity contribution is 0.227. The van der Waals surface area contributed by atoms with Gasteiger partial charge in [-0.25, -0.2) is 4.79 Å². The lowest BCUT2D eigenvalue weighted by atomic mass is 10.1. The van der Waals surface area contributed by atoms with Crippen LogP contribution in [0.2, 0.25) is 5.02 Å². The van der Waals surface area contributed by atoms with E-state index in [1.54, 1.807) is 11.6 Å². The van der Waals surface area contributed by atoms with E-state index in [9.17, 15) is 9.59 Å². The summed E-state index contributed by atoms with van der Waals surface area (Å²) in [5, 5.41) is 0.648. The minimum atomic E-state index is -0.406.